The van der Waals surface area contributed by atoms with Gasteiger partial charge in [-0.1, -0.05) is 49.1 Å². The first-order valence-corrected chi connectivity index (χ1v) is 11.1. The molecule has 7 nitrogen and oxygen atoms in total. The molecule has 1 aliphatic carbocycles. The first-order valence-electron chi connectivity index (χ1n) is 9.65. The minimum absolute atomic E-state index is 0.0244. The molecule has 2 amide bonds. The number of hydrazine groups is 1. The van der Waals surface area contributed by atoms with Crippen LogP contribution in [0.5, 0.6) is 0 Å². The number of rotatable bonds is 5. The summed E-state index contributed by atoms with van der Waals surface area (Å²) in [5, 5.41) is 2.40. The van der Waals surface area contributed by atoms with Gasteiger partial charge in [-0.2, -0.15) is 0 Å². The van der Waals surface area contributed by atoms with Gasteiger partial charge in [-0.05, 0) is 55.5 Å². The fraction of sp³-hybridized carbons (Fsp3) is 0.333. The van der Waals surface area contributed by atoms with E-state index in [9.17, 15) is 18.0 Å². The van der Waals surface area contributed by atoms with Crippen molar-refractivity contribution in [1.82, 2.24) is 10.3 Å². The van der Waals surface area contributed by atoms with Gasteiger partial charge in [0.2, 0.25) is 0 Å². The number of carbonyl (C=O) groups is 2. The molecule has 0 unspecified atom stereocenters. The Balaban J connectivity index is 1.56. The lowest BCUT2D eigenvalue weighted by atomic mass is 9.84. The average molecular weight is 416 g/mol. The van der Waals surface area contributed by atoms with Crippen molar-refractivity contribution in [3.05, 3.63) is 59.7 Å². The van der Waals surface area contributed by atoms with Crippen LogP contribution in [0, 0.1) is 6.92 Å². The van der Waals surface area contributed by atoms with E-state index in [-0.39, 0.29) is 4.90 Å². The van der Waals surface area contributed by atoms with Crippen LogP contribution in [-0.2, 0) is 19.6 Å². The fourth-order valence-corrected chi connectivity index (χ4v) is 4.25. The highest BCUT2D eigenvalue weighted by Gasteiger charge is 2.20. The van der Waals surface area contributed by atoms with Crippen molar-refractivity contribution >= 4 is 27.5 Å². The number of sulfonamides is 1. The summed E-state index contributed by atoms with van der Waals surface area (Å²) in [6, 6.07) is 13.5. The van der Waals surface area contributed by atoms with E-state index >= 15 is 0 Å². The first-order chi connectivity index (χ1) is 13.8. The van der Waals surface area contributed by atoms with Crippen LogP contribution < -0.4 is 15.6 Å². The third-order valence-electron chi connectivity index (χ3n) is 5.08. The van der Waals surface area contributed by atoms with Crippen molar-refractivity contribution in [2.75, 3.05) is 5.32 Å². The molecule has 1 fully saturated rings. The van der Waals surface area contributed by atoms with E-state index < -0.39 is 21.8 Å². The lowest BCUT2D eigenvalue weighted by molar-refractivity contribution is -0.136. The van der Waals surface area contributed by atoms with Gasteiger partial charge < -0.3 is 5.32 Å². The number of nitrogens with one attached hydrogen (secondary N) is 3. The van der Waals surface area contributed by atoms with Gasteiger partial charge in [-0.25, -0.2) is 8.42 Å². The zero-order chi connectivity index (χ0) is 20.9. The molecule has 2 aromatic carbocycles. The summed E-state index contributed by atoms with van der Waals surface area (Å²) in [5.41, 5.74) is 4.52. The molecule has 29 heavy (non-hydrogen) atoms. The zero-order valence-electron chi connectivity index (χ0n) is 16.3. The molecular weight excluding hydrogens is 390 g/mol. The Kier molecular flexibility index (Phi) is 6.66. The standard InChI is InChI=1S/C21H25N3O4S/c1-15-7-11-18(12-8-15)22-20(25)21(26)23-24-29(27,28)19-13-9-17(10-14-19)16-5-3-2-4-6-16/h7-14,16,24H,2-6H2,1H3,(H,22,25)(H,23,26). The number of carbonyl (C=O) groups excluding carboxylic acids is 2. The summed E-state index contributed by atoms with van der Waals surface area (Å²) in [4.78, 5) is 25.8. The van der Waals surface area contributed by atoms with Crippen LogP contribution >= 0.6 is 0 Å². The molecule has 1 aliphatic rings. The molecule has 0 heterocycles. The Morgan fingerprint density at radius 2 is 1.48 bits per heavy atom. The van der Waals surface area contributed by atoms with Crippen molar-refractivity contribution in [2.45, 2.75) is 49.8 Å². The molecule has 0 radical (unpaired) electrons. The van der Waals surface area contributed by atoms with E-state index in [1.165, 1.54) is 31.4 Å². The van der Waals surface area contributed by atoms with Crippen LogP contribution in [0.15, 0.2) is 53.4 Å². The number of hydrogen-bond acceptors (Lipinski definition) is 4. The van der Waals surface area contributed by atoms with Crippen LogP contribution in [0.4, 0.5) is 5.69 Å². The van der Waals surface area contributed by atoms with Crippen LogP contribution in [0.2, 0.25) is 0 Å². The van der Waals surface area contributed by atoms with Crippen LogP contribution in [0.1, 0.15) is 49.1 Å². The second-order valence-corrected chi connectivity index (χ2v) is 8.97. The number of amides is 2. The lowest BCUT2D eigenvalue weighted by Gasteiger charge is -2.22. The molecule has 154 valence electrons. The molecule has 3 N–H and O–H groups in total. The first kappa shape index (κ1) is 21.0. The Morgan fingerprint density at radius 3 is 2.10 bits per heavy atom. The maximum Gasteiger partial charge on any atom is 0.324 e. The van der Waals surface area contributed by atoms with Gasteiger partial charge in [-0.15, -0.1) is 4.83 Å². The summed E-state index contributed by atoms with van der Waals surface area (Å²) in [6.45, 7) is 1.90. The van der Waals surface area contributed by atoms with E-state index in [1.54, 1.807) is 24.3 Å². The number of benzene rings is 2. The second kappa shape index (κ2) is 9.19. The highest BCUT2D eigenvalue weighted by atomic mass is 32.2. The monoisotopic (exact) mass is 415 g/mol. The molecular formula is C21H25N3O4S. The SMILES string of the molecule is Cc1ccc(NC(=O)C(=O)NNS(=O)(=O)c2ccc(C3CCCCC3)cc2)cc1. The van der Waals surface area contributed by atoms with Gasteiger partial charge >= 0.3 is 11.8 Å². The minimum atomic E-state index is -3.98. The van der Waals surface area contributed by atoms with Gasteiger partial charge in [0.1, 0.15) is 0 Å². The predicted molar refractivity (Wildman–Crippen MR) is 111 cm³/mol. The van der Waals surface area contributed by atoms with Crippen LogP contribution in [0.25, 0.3) is 0 Å². The van der Waals surface area contributed by atoms with Gasteiger partial charge in [0.05, 0.1) is 4.90 Å². The molecule has 2 aromatic rings. The Hall–Kier alpha value is -2.71. The highest BCUT2D eigenvalue weighted by Crippen LogP contribution is 2.32. The Bertz CT molecular complexity index is 964. The summed E-state index contributed by atoms with van der Waals surface area (Å²) in [7, 11) is -3.98. The van der Waals surface area contributed by atoms with Crippen molar-refractivity contribution in [1.29, 1.82) is 0 Å². The maximum absolute atomic E-state index is 12.4. The van der Waals surface area contributed by atoms with E-state index in [4.69, 9.17) is 0 Å². The third-order valence-corrected chi connectivity index (χ3v) is 6.35. The molecule has 0 aromatic heterocycles. The molecule has 3 rings (SSSR count). The van der Waals surface area contributed by atoms with Gasteiger partial charge in [-0.3, -0.25) is 15.0 Å². The Labute approximate surface area is 170 Å². The molecule has 1 saturated carbocycles. The lowest BCUT2D eigenvalue weighted by Crippen LogP contribution is -2.46. The molecule has 0 aliphatic heterocycles. The summed E-state index contributed by atoms with van der Waals surface area (Å²) in [6.07, 6.45) is 5.89. The fourth-order valence-electron chi connectivity index (χ4n) is 3.41. The van der Waals surface area contributed by atoms with Crippen molar-refractivity contribution in [3.63, 3.8) is 0 Å². The van der Waals surface area contributed by atoms with E-state index in [1.807, 2.05) is 29.3 Å². The van der Waals surface area contributed by atoms with E-state index in [2.05, 4.69) is 5.32 Å². The topological polar surface area (TPSA) is 104 Å². The van der Waals surface area contributed by atoms with Gasteiger partial charge in [0.15, 0.2) is 0 Å². The van der Waals surface area contributed by atoms with Crippen LogP contribution in [-0.4, -0.2) is 20.2 Å². The quantitative estimate of drug-likeness (QED) is 0.516. The number of anilines is 1. The number of hydrogen-bond donors (Lipinski definition) is 3. The van der Waals surface area contributed by atoms with Crippen molar-refractivity contribution < 1.29 is 18.0 Å². The van der Waals surface area contributed by atoms with E-state index in [0.717, 1.165) is 24.0 Å². The largest absolute Gasteiger partial charge is 0.324 e. The van der Waals surface area contributed by atoms with Crippen molar-refractivity contribution in [2.24, 2.45) is 0 Å². The maximum atomic E-state index is 12.4. The molecule has 8 heteroatoms. The Morgan fingerprint density at radius 1 is 0.862 bits per heavy atom. The highest BCUT2D eigenvalue weighted by molar-refractivity contribution is 7.89. The second-order valence-electron chi connectivity index (χ2n) is 7.28. The van der Waals surface area contributed by atoms with Crippen LogP contribution in [0.3, 0.4) is 0 Å². The summed E-state index contributed by atoms with van der Waals surface area (Å²) in [5.74, 6) is -1.60. The molecule has 0 spiro atoms. The smallest absolute Gasteiger partial charge is 0.318 e. The van der Waals surface area contributed by atoms with Crippen molar-refractivity contribution in [3.8, 4) is 0 Å². The summed E-state index contributed by atoms with van der Waals surface area (Å²) >= 11 is 0. The predicted octanol–water partition coefficient (Wildman–Crippen LogP) is 2.99. The zero-order valence-corrected chi connectivity index (χ0v) is 17.1. The summed E-state index contributed by atoms with van der Waals surface area (Å²) < 4.78 is 24.8. The normalized spacial score (nSPS) is 14.9. The molecule has 0 bridgehead atoms. The minimum Gasteiger partial charge on any atom is -0.318 e. The number of aryl methyl sites for hydroxylation is 1. The average Bonchev–Trinajstić information content (AvgIpc) is 2.74. The van der Waals surface area contributed by atoms with E-state index in [0.29, 0.717) is 11.6 Å². The molecule has 0 saturated heterocycles. The third kappa shape index (κ3) is 5.65. The van der Waals surface area contributed by atoms with Gasteiger partial charge in [0, 0.05) is 5.69 Å². The molecule has 0 atom stereocenters. The van der Waals surface area contributed by atoms with Gasteiger partial charge in [0.25, 0.3) is 10.0 Å².